The number of likely N-dealkylation sites (tertiary alicyclic amines) is 2. The number of benzene rings is 1. The number of rotatable bonds is 3. The van der Waals surface area contributed by atoms with E-state index in [1.807, 2.05) is 41.3 Å². The van der Waals surface area contributed by atoms with Crippen LogP contribution in [-0.2, 0) is 9.59 Å². The quantitative estimate of drug-likeness (QED) is 0.776. The standard InChI is InChI=1S/C22H30N2O2/c25-21(12-11-19-9-5-4-6-10-19)23-17-13-20(14-18-23)22(26)24-15-7-2-1-3-8-16-24/h4-6,9-12,20H,1-3,7-8,13-18H2/b12-11-. The lowest BCUT2D eigenvalue weighted by molar-refractivity contribution is -0.139. The summed E-state index contributed by atoms with van der Waals surface area (Å²) < 4.78 is 0. The lowest BCUT2D eigenvalue weighted by Crippen LogP contribution is -2.44. The van der Waals surface area contributed by atoms with Gasteiger partial charge in [0, 0.05) is 38.2 Å². The van der Waals surface area contributed by atoms with Crippen molar-refractivity contribution < 1.29 is 9.59 Å². The molecule has 4 heteroatoms. The molecule has 140 valence electrons. The van der Waals surface area contributed by atoms with Crippen molar-refractivity contribution in [3.8, 4) is 0 Å². The molecule has 1 aromatic rings. The van der Waals surface area contributed by atoms with Crippen LogP contribution in [0.3, 0.4) is 0 Å². The molecule has 0 N–H and O–H groups in total. The van der Waals surface area contributed by atoms with Gasteiger partial charge >= 0.3 is 0 Å². The normalized spacial score (nSPS) is 20.0. The minimum Gasteiger partial charge on any atom is -0.342 e. The number of carbonyl (C=O) groups is 2. The molecule has 26 heavy (non-hydrogen) atoms. The zero-order chi connectivity index (χ0) is 18.2. The molecule has 0 aromatic heterocycles. The number of amides is 2. The number of piperidine rings is 1. The second-order valence-electron chi connectivity index (χ2n) is 7.44. The Morgan fingerprint density at radius 2 is 1.42 bits per heavy atom. The predicted octanol–water partition coefficient (Wildman–Crippen LogP) is 3.73. The number of hydrogen-bond donors (Lipinski definition) is 0. The van der Waals surface area contributed by atoms with Gasteiger partial charge in [0.25, 0.3) is 0 Å². The number of carbonyl (C=O) groups excluding carboxylic acids is 2. The van der Waals surface area contributed by atoms with Gasteiger partial charge in [0.05, 0.1) is 0 Å². The Morgan fingerprint density at radius 1 is 0.808 bits per heavy atom. The van der Waals surface area contributed by atoms with E-state index in [0.29, 0.717) is 19.0 Å². The van der Waals surface area contributed by atoms with Gasteiger partial charge in [-0.1, -0.05) is 49.6 Å². The summed E-state index contributed by atoms with van der Waals surface area (Å²) in [5, 5.41) is 0. The van der Waals surface area contributed by atoms with Crippen LogP contribution in [0.15, 0.2) is 36.4 Å². The molecule has 2 amide bonds. The van der Waals surface area contributed by atoms with Gasteiger partial charge in [-0.15, -0.1) is 0 Å². The van der Waals surface area contributed by atoms with Crippen LogP contribution in [0.25, 0.3) is 6.08 Å². The maximum absolute atomic E-state index is 12.8. The van der Waals surface area contributed by atoms with Gasteiger partial charge in [0.2, 0.25) is 11.8 Å². The van der Waals surface area contributed by atoms with Gasteiger partial charge < -0.3 is 9.80 Å². The monoisotopic (exact) mass is 354 g/mol. The molecule has 3 rings (SSSR count). The van der Waals surface area contributed by atoms with Crippen LogP contribution in [0, 0.1) is 5.92 Å². The molecule has 0 spiro atoms. The Balaban J connectivity index is 1.48. The van der Waals surface area contributed by atoms with E-state index in [-0.39, 0.29) is 11.8 Å². The Morgan fingerprint density at radius 3 is 2.08 bits per heavy atom. The third-order valence-electron chi connectivity index (χ3n) is 5.54. The molecule has 0 bridgehead atoms. The van der Waals surface area contributed by atoms with Crippen molar-refractivity contribution in [1.82, 2.24) is 9.80 Å². The SMILES string of the molecule is O=C(/C=C\c1ccccc1)N1CCC(C(=O)N2CCCCCCC2)CC1. The van der Waals surface area contributed by atoms with Gasteiger partial charge in [-0.2, -0.15) is 0 Å². The molecule has 2 aliphatic heterocycles. The average Bonchev–Trinajstić information content (AvgIpc) is 2.66. The molecule has 2 fully saturated rings. The van der Waals surface area contributed by atoms with Crippen LogP contribution in [0.2, 0.25) is 0 Å². The number of hydrogen-bond acceptors (Lipinski definition) is 2. The zero-order valence-electron chi connectivity index (χ0n) is 15.6. The molecule has 0 radical (unpaired) electrons. The Kier molecular flexibility index (Phi) is 6.87. The molecule has 0 atom stereocenters. The summed E-state index contributed by atoms with van der Waals surface area (Å²) in [6, 6.07) is 9.86. The van der Waals surface area contributed by atoms with Crippen LogP contribution < -0.4 is 0 Å². The van der Waals surface area contributed by atoms with E-state index >= 15 is 0 Å². The largest absolute Gasteiger partial charge is 0.342 e. The van der Waals surface area contributed by atoms with E-state index in [0.717, 1.165) is 44.3 Å². The van der Waals surface area contributed by atoms with Gasteiger partial charge in [0.1, 0.15) is 0 Å². The summed E-state index contributed by atoms with van der Waals surface area (Å²) in [5.41, 5.74) is 1.03. The molecule has 2 heterocycles. The topological polar surface area (TPSA) is 40.6 Å². The first-order valence-electron chi connectivity index (χ1n) is 10.0. The summed E-state index contributed by atoms with van der Waals surface area (Å²) in [4.78, 5) is 29.1. The highest BCUT2D eigenvalue weighted by molar-refractivity contribution is 5.92. The summed E-state index contributed by atoms with van der Waals surface area (Å²) >= 11 is 0. The van der Waals surface area contributed by atoms with Gasteiger partial charge in [-0.25, -0.2) is 0 Å². The molecule has 0 unspecified atom stereocenters. The summed E-state index contributed by atoms with van der Waals surface area (Å²) in [7, 11) is 0. The van der Waals surface area contributed by atoms with Gasteiger partial charge in [-0.05, 0) is 37.3 Å². The van der Waals surface area contributed by atoms with Gasteiger partial charge in [-0.3, -0.25) is 9.59 Å². The third kappa shape index (κ3) is 5.20. The van der Waals surface area contributed by atoms with E-state index in [2.05, 4.69) is 4.90 Å². The van der Waals surface area contributed by atoms with Crippen molar-refractivity contribution in [3.63, 3.8) is 0 Å². The van der Waals surface area contributed by atoms with Crippen LogP contribution in [0.5, 0.6) is 0 Å². The predicted molar refractivity (Wildman–Crippen MR) is 104 cm³/mol. The van der Waals surface area contributed by atoms with E-state index in [1.165, 1.54) is 19.3 Å². The third-order valence-corrected chi connectivity index (χ3v) is 5.54. The van der Waals surface area contributed by atoms with Crippen molar-refractivity contribution in [2.24, 2.45) is 5.92 Å². The van der Waals surface area contributed by atoms with E-state index in [1.54, 1.807) is 6.08 Å². The Labute approximate surface area is 156 Å². The first-order chi connectivity index (χ1) is 12.7. The maximum atomic E-state index is 12.8. The molecule has 4 nitrogen and oxygen atoms in total. The fourth-order valence-electron chi connectivity index (χ4n) is 3.91. The molecule has 0 aliphatic carbocycles. The van der Waals surface area contributed by atoms with Crippen molar-refractivity contribution in [2.75, 3.05) is 26.2 Å². The molecule has 0 saturated carbocycles. The Bertz CT molecular complexity index is 610. The van der Waals surface area contributed by atoms with Crippen molar-refractivity contribution >= 4 is 17.9 Å². The summed E-state index contributed by atoms with van der Waals surface area (Å²) in [5.74, 6) is 0.460. The fraction of sp³-hybridized carbons (Fsp3) is 0.545. The molecule has 1 aromatic carbocycles. The van der Waals surface area contributed by atoms with E-state index < -0.39 is 0 Å². The number of nitrogens with zero attached hydrogens (tertiary/aromatic N) is 2. The van der Waals surface area contributed by atoms with Crippen molar-refractivity contribution in [2.45, 2.75) is 44.9 Å². The minimum absolute atomic E-state index is 0.0472. The Hall–Kier alpha value is -2.10. The minimum atomic E-state index is 0.0472. The van der Waals surface area contributed by atoms with Gasteiger partial charge in [0.15, 0.2) is 0 Å². The molecule has 2 aliphatic rings. The molecular formula is C22H30N2O2. The van der Waals surface area contributed by atoms with Crippen LogP contribution in [0.1, 0.15) is 50.5 Å². The van der Waals surface area contributed by atoms with E-state index in [4.69, 9.17) is 0 Å². The van der Waals surface area contributed by atoms with Crippen LogP contribution in [-0.4, -0.2) is 47.8 Å². The maximum Gasteiger partial charge on any atom is 0.246 e. The highest BCUT2D eigenvalue weighted by Gasteiger charge is 2.29. The smallest absolute Gasteiger partial charge is 0.246 e. The second-order valence-corrected chi connectivity index (χ2v) is 7.44. The highest BCUT2D eigenvalue weighted by atomic mass is 16.2. The lowest BCUT2D eigenvalue weighted by Gasteiger charge is -2.34. The first kappa shape index (κ1) is 18.7. The first-order valence-corrected chi connectivity index (χ1v) is 10.0. The van der Waals surface area contributed by atoms with Crippen molar-refractivity contribution in [3.05, 3.63) is 42.0 Å². The highest BCUT2D eigenvalue weighted by Crippen LogP contribution is 2.22. The van der Waals surface area contributed by atoms with Crippen molar-refractivity contribution in [1.29, 1.82) is 0 Å². The second kappa shape index (κ2) is 9.56. The van der Waals surface area contributed by atoms with Crippen LogP contribution >= 0.6 is 0 Å². The lowest BCUT2D eigenvalue weighted by atomic mass is 9.94. The average molecular weight is 354 g/mol. The zero-order valence-corrected chi connectivity index (χ0v) is 15.6. The van der Waals surface area contributed by atoms with Crippen LogP contribution in [0.4, 0.5) is 0 Å². The summed E-state index contributed by atoms with van der Waals surface area (Å²) in [6.45, 7) is 3.19. The molecule has 2 saturated heterocycles. The molecular weight excluding hydrogens is 324 g/mol. The fourth-order valence-corrected chi connectivity index (χ4v) is 3.91. The summed E-state index contributed by atoms with van der Waals surface area (Å²) in [6.07, 6.45) is 11.1. The van der Waals surface area contributed by atoms with E-state index in [9.17, 15) is 9.59 Å².